The minimum atomic E-state index is -0.135. The summed E-state index contributed by atoms with van der Waals surface area (Å²) in [4.78, 5) is 11.1. The summed E-state index contributed by atoms with van der Waals surface area (Å²) in [5.41, 5.74) is 9.08. The standard InChI is InChI=1S/C10H12N2O2/c1-5-3-6(2)9-10(8(5)11)14-4-7(13)12-9/h3H,4,11H2,1-2H3,(H,12,13). The van der Waals surface area contributed by atoms with Crippen molar-refractivity contribution in [2.45, 2.75) is 13.8 Å². The molecule has 1 aliphatic rings. The van der Waals surface area contributed by atoms with Crippen LogP contribution < -0.4 is 15.8 Å². The van der Waals surface area contributed by atoms with Gasteiger partial charge in [-0.1, -0.05) is 6.07 Å². The summed E-state index contributed by atoms with van der Waals surface area (Å²) < 4.78 is 5.29. The maximum Gasteiger partial charge on any atom is 0.262 e. The lowest BCUT2D eigenvalue weighted by molar-refractivity contribution is -0.118. The minimum absolute atomic E-state index is 0.0418. The zero-order chi connectivity index (χ0) is 10.3. The van der Waals surface area contributed by atoms with E-state index >= 15 is 0 Å². The molecule has 0 saturated carbocycles. The second kappa shape index (κ2) is 2.90. The molecule has 0 fully saturated rings. The molecule has 0 bridgehead atoms. The normalized spacial score (nSPS) is 14.3. The lowest BCUT2D eigenvalue weighted by atomic mass is 10.1. The van der Waals surface area contributed by atoms with Gasteiger partial charge in [0.25, 0.3) is 5.91 Å². The van der Waals surface area contributed by atoms with E-state index in [4.69, 9.17) is 10.5 Å². The number of aryl methyl sites for hydroxylation is 2. The number of rotatable bonds is 0. The summed E-state index contributed by atoms with van der Waals surface area (Å²) >= 11 is 0. The highest BCUT2D eigenvalue weighted by Crippen LogP contribution is 2.38. The van der Waals surface area contributed by atoms with E-state index in [0.717, 1.165) is 11.1 Å². The van der Waals surface area contributed by atoms with Gasteiger partial charge >= 0.3 is 0 Å². The Hall–Kier alpha value is -1.71. The number of carbonyl (C=O) groups excluding carboxylic acids is 1. The Kier molecular flexibility index (Phi) is 1.84. The number of anilines is 2. The molecule has 0 spiro atoms. The van der Waals surface area contributed by atoms with Crippen LogP contribution in [-0.2, 0) is 4.79 Å². The van der Waals surface area contributed by atoms with Gasteiger partial charge in [0, 0.05) is 0 Å². The summed E-state index contributed by atoms with van der Waals surface area (Å²) in [6.07, 6.45) is 0. The number of nitrogens with one attached hydrogen (secondary N) is 1. The van der Waals surface area contributed by atoms with Crippen molar-refractivity contribution in [1.82, 2.24) is 0 Å². The van der Waals surface area contributed by atoms with Crippen LogP contribution >= 0.6 is 0 Å². The van der Waals surface area contributed by atoms with Crippen LogP contribution in [0.3, 0.4) is 0 Å². The molecule has 1 aliphatic heterocycles. The zero-order valence-corrected chi connectivity index (χ0v) is 8.18. The van der Waals surface area contributed by atoms with E-state index in [1.807, 2.05) is 19.9 Å². The summed E-state index contributed by atoms with van der Waals surface area (Å²) in [6, 6.07) is 1.93. The van der Waals surface area contributed by atoms with E-state index in [9.17, 15) is 4.79 Å². The smallest absolute Gasteiger partial charge is 0.262 e. The Morgan fingerprint density at radius 2 is 2.14 bits per heavy atom. The molecule has 1 heterocycles. The molecule has 0 radical (unpaired) electrons. The Balaban J connectivity index is 2.62. The average Bonchev–Trinajstić information content (AvgIpc) is 2.14. The molecule has 0 aliphatic carbocycles. The van der Waals surface area contributed by atoms with Gasteiger partial charge in [-0.25, -0.2) is 0 Å². The van der Waals surface area contributed by atoms with Gasteiger partial charge in [-0.2, -0.15) is 0 Å². The van der Waals surface area contributed by atoms with Crippen molar-refractivity contribution >= 4 is 17.3 Å². The Labute approximate surface area is 82.1 Å². The van der Waals surface area contributed by atoms with Gasteiger partial charge in [-0.05, 0) is 25.0 Å². The number of amides is 1. The number of ether oxygens (including phenoxy) is 1. The van der Waals surface area contributed by atoms with Crippen molar-refractivity contribution in [1.29, 1.82) is 0 Å². The molecule has 4 heteroatoms. The van der Waals surface area contributed by atoms with Crippen LogP contribution in [0.4, 0.5) is 11.4 Å². The van der Waals surface area contributed by atoms with Crippen LogP contribution in [0.15, 0.2) is 6.07 Å². The summed E-state index contributed by atoms with van der Waals surface area (Å²) in [5.74, 6) is 0.464. The molecule has 74 valence electrons. The number of benzene rings is 1. The highest BCUT2D eigenvalue weighted by Gasteiger charge is 2.21. The maximum atomic E-state index is 11.1. The first kappa shape index (κ1) is 8.87. The van der Waals surface area contributed by atoms with Crippen molar-refractivity contribution < 1.29 is 9.53 Å². The molecule has 1 aromatic rings. The van der Waals surface area contributed by atoms with E-state index in [1.54, 1.807) is 0 Å². The monoisotopic (exact) mass is 192 g/mol. The van der Waals surface area contributed by atoms with E-state index in [2.05, 4.69) is 5.32 Å². The molecule has 2 rings (SSSR count). The summed E-state index contributed by atoms with van der Waals surface area (Å²) in [5, 5.41) is 2.75. The molecule has 0 atom stereocenters. The predicted octanol–water partition coefficient (Wildman–Crippen LogP) is 1.22. The third-order valence-corrected chi connectivity index (χ3v) is 2.34. The van der Waals surface area contributed by atoms with Gasteiger partial charge in [-0.3, -0.25) is 4.79 Å². The van der Waals surface area contributed by atoms with Crippen molar-refractivity contribution in [3.8, 4) is 5.75 Å². The number of nitrogen functional groups attached to an aromatic ring is 1. The Bertz CT molecular complexity index is 413. The molecule has 0 saturated heterocycles. The quantitative estimate of drug-likeness (QED) is 0.607. The first-order chi connectivity index (χ1) is 6.59. The molecular weight excluding hydrogens is 180 g/mol. The highest BCUT2D eigenvalue weighted by molar-refractivity contribution is 5.98. The van der Waals surface area contributed by atoms with Crippen LogP contribution in [0.5, 0.6) is 5.75 Å². The SMILES string of the molecule is Cc1cc(C)c2c(c1N)OCC(=O)N2. The second-order valence-corrected chi connectivity index (χ2v) is 3.47. The zero-order valence-electron chi connectivity index (χ0n) is 8.18. The predicted molar refractivity (Wildman–Crippen MR) is 54.5 cm³/mol. The van der Waals surface area contributed by atoms with Crippen molar-refractivity contribution in [3.05, 3.63) is 17.2 Å². The lowest BCUT2D eigenvalue weighted by Gasteiger charge is -2.22. The van der Waals surface area contributed by atoms with Crippen LogP contribution in [0.1, 0.15) is 11.1 Å². The van der Waals surface area contributed by atoms with Crippen molar-refractivity contribution in [2.75, 3.05) is 17.7 Å². The fraction of sp³-hybridized carbons (Fsp3) is 0.300. The first-order valence-electron chi connectivity index (χ1n) is 4.42. The fourth-order valence-electron chi connectivity index (χ4n) is 1.59. The molecule has 3 N–H and O–H groups in total. The van der Waals surface area contributed by atoms with E-state index in [-0.39, 0.29) is 12.5 Å². The van der Waals surface area contributed by atoms with E-state index in [0.29, 0.717) is 17.1 Å². The van der Waals surface area contributed by atoms with Crippen LogP contribution in [-0.4, -0.2) is 12.5 Å². The fourth-order valence-corrected chi connectivity index (χ4v) is 1.59. The largest absolute Gasteiger partial charge is 0.479 e. The first-order valence-corrected chi connectivity index (χ1v) is 4.42. The summed E-state index contributed by atoms with van der Waals surface area (Å²) in [6.45, 7) is 3.88. The van der Waals surface area contributed by atoms with Crippen LogP contribution in [0.25, 0.3) is 0 Å². The third-order valence-electron chi connectivity index (χ3n) is 2.34. The molecule has 14 heavy (non-hydrogen) atoms. The van der Waals surface area contributed by atoms with Crippen molar-refractivity contribution in [2.24, 2.45) is 0 Å². The highest BCUT2D eigenvalue weighted by atomic mass is 16.5. The number of fused-ring (bicyclic) bond motifs is 1. The lowest BCUT2D eigenvalue weighted by Crippen LogP contribution is -2.26. The van der Waals surface area contributed by atoms with E-state index in [1.165, 1.54) is 0 Å². The molecule has 0 unspecified atom stereocenters. The second-order valence-electron chi connectivity index (χ2n) is 3.47. The average molecular weight is 192 g/mol. The molecule has 4 nitrogen and oxygen atoms in total. The molecular formula is C10H12N2O2. The van der Waals surface area contributed by atoms with Gasteiger partial charge < -0.3 is 15.8 Å². The van der Waals surface area contributed by atoms with Crippen molar-refractivity contribution in [3.63, 3.8) is 0 Å². The number of carbonyl (C=O) groups is 1. The molecule has 1 aromatic carbocycles. The molecule has 1 amide bonds. The number of hydrogen-bond acceptors (Lipinski definition) is 3. The van der Waals surface area contributed by atoms with Gasteiger partial charge in [0.15, 0.2) is 12.4 Å². The minimum Gasteiger partial charge on any atom is -0.479 e. The van der Waals surface area contributed by atoms with E-state index < -0.39 is 0 Å². The van der Waals surface area contributed by atoms with Gasteiger partial charge in [0.05, 0.1) is 11.4 Å². The number of hydrogen-bond donors (Lipinski definition) is 2. The maximum absolute atomic E-state index is 11.1. The third kappa shape index (κ3) is 1.19. The van der Waals surface area contributed by atoms with Crippen LogP contribution in [0, 0.1) is 13.8 Å². The Morgan fingerprint density at radius 3 is 2.86 bits per heavy atom. The van der Waals surface area contributed by atoms with Gasteiger partial charge in [0.1, 0.15) is 0 Å². The molecule has 0 aromatic heterocycles. The van der Waals surface area contributed by atoms with Gasteiger partial charge in [0.2, 0.25) is 0 Å². The topological polar surface area (TPSA) is 64.3 Å². The summed E-state index contributed by atoms with van der Waals surface area (Å²) in [7, 11) is 0. The Morgan fingerprint density at radius 1 is 1.43 bits per heavy atom. The van der Waals surface area contributed by atoms with Crippen LogP contribution in [0.2, 0.25) is 0 Å². The number of nitrogens with two attached hydrogens (primary N) is 1. The van der Waals surface area contributed by atoms with Gasteiger partial charge in [-0.15, -0.1) is 0 Å².